The summed E-state index contributed by atoms with van der Waals surface area (Å²) >= 11 is 0. The van der Waals surface area contributed by atoms with Gasteiger partial charge in [0, 0.05) is 24.9 Å². The van der Waals surface area contributed by atoms with Gasteiger partial charge in [-0.3, -0.25) is 4.99 Å². The molecule has 3 N–H and O–H groups in total. The SMILES string of the molecule is CCOC(CCN(C)C)CN=C(N)Nc1ccc(OC)c(OC)c1.I. The van der Waals surface area contributed by atoms with E-state index in [4.69, 9.17) is 19.9 Å². The number of ether oxygens (including phenoxy) is 3. The largest absolute Gasteiger partial charge is 0.493 e. The smallest absolute Gasteiger partial charge is 0.193 e. The highest BCUT2D eigenvalue weighted by Crippen LogP contribution is 2.29. The van der Waals surface area contributed by atoms with E-state index < -0.39 is 0 Å². The van der Waals surface area contributed by atoms with Gasteiger partial charge in [-0.05, 0) is 39.6 Å². The fourth-order valence-electron chi connectivity index (χ4n) is 2.17. The molecule has 1 aromatic rings. The highest BCUT2D eigenvalue weighted by Gasteiger charge is 2.09. The highest BCUT2D eigenvalue weighted by molar-refractivity contribution is 14.0. The Bertz CT molecular complexity index is 527. The molecule has 0 saturated carbocycles. The first kappa shape index (κ1) is 23.7. The summed E-state index contributed by atoms with van der Waals surface area (Å²) in [6.07, 6.45) is 0.969. The molecular weight excluding hydrogens is 435 g/mol. The van der Waals surface area contributed by atoms with Gasteiger partial charge in [-0.2, -0.15) is 0 Å². The molecule has 0 aromatic heterocycles. The van der Waals surface area contributed by atoms with Gasteiger partial charge in [0.05, 0.1) is 26.9 Å². The van der Waals surface area contributed by atoms with Crippen molar-refractivity contribution in [2.75, 3.05) is 53.3 Å². The monoisotopic (exact) mass is 466 g/mol. The molecule has 7 nitrogen and oxygen atoms in total. The molecule has 0 aliphatic carbocycles. The summed E-state index contributed by atoms with van der Waals surface area (Å²) in [5, 5.41) is 3.06. The van der Waals surface area contributed by atoms with E-state index in [1.54, 1.807) is 14.2 Å². The molecule has 0 aliphatic rings. The standard InChI is InChI=1S/C17H30N4O3.HI/c1-6-24-14(9-10-21(2)3)12-19-17(18)20-13-7-8-15(22-4)16(11-13)23-5;/h7-8,11,14H,6,9-10,12H2,1-5H3,(H3,18,19,20);1H. The molecule has 0 heterocycles. The van der Waals surface area contributed by atoms with Crippen LogP contribution in [0.3, 0.4) is 0 Å². The third-order valence-electron chi connectivity index (χ3n) is 3.42. The number of rotatable bonds is 10. The number of methoxy groups -OCH3 is 2. The summed E-state index contributed by atoms with van der Waals surface area (Å²) in [5.41, 5.74) is 6.76. The number of hydrogen-bond acceptors (Lipinski definition) is 5. The fourth-order valence-corrected chi connectivity index (χ4v) is 2.17. The van der Waals surface area contributed by atoms with E-state index >= 15 is 0 Å². The Balaban J connectivity index is 0.00000576. The minimum Gasteiger partial charge on any atom is -0.493 e. The van der Waals surface area contributed by atoms with Crippen molar-refractivity contribution in [3.63, 3.8) is 0 Å². The van der Waals surface area contributed by atoms with Crippen LogP contribution >= 0.6 is 24.0 Å². The number of benzene rings is 1. The van der Waals surface area contributed by atoms with E-state index in [0.29, 0.717) is 30.6 Å². The Labute approximate surface area is 167 Å². The van der Waals surface area contributed by atoms with Gasteiger partial charge in [0.2, 0.25) is 0 Å². The van der Waals surface area contributed by atoms with Crippen LogP contribution in [0, 0.1) is 0 Å². The van der Waals surface area contributed by atoms with Gasteiger partial charge in [-0.25, -0.2) is 0 Å². The Morgan fingerprint density at radius 2 is 1.92 bits per heavy atom. The van der Waals surface area contributed by atoms with Gasteiger partial charge in [0.15, 0.2) is 17.5 Å². The van der Waals surface area contributed by atoms with E-state index in [0.717, 1.165) is 18.7 Å². The third-order valence-corrected chi connectivity index (χ3v) is 3.42. The molecule has 1 atom stereocenters. The first-order valence-corrected chi connectivity index (χ1v) is 8.05. The lowest BCUT2D eigenvalue weighted by Gasteiger charge is -2.18. The summed E-state index contributed by atoms with van der Waals surface area (Å²) < 4.78 is 16.2. The van der Waals surface area contributed by atoms with Crippen LogP contribution in [0.5, 0.6) is 11.5 Å². The van der Waals surface area contributed by atoms with E-state index in [2.05, 4.69) is 15.2 Å². The topological polar surface area (TPSA) is 81.3 Å². The van der Waals surface area contributed by atoms with Gasteiger partial charge < -0.3 is 30.2 Å². The second-order valence-electron chi connectivity index (χ2n) is 5.59. The Morgan fingerprint density at radius 3 is 2.48 bits per heavy atom. The molecule has 0 radical (unpaired) electrons. The van der Waals surface area contributed by atoms with E-state index in [1.165, 1.54) is 0 Å². The summed E-state index contributed by atoms with van der Waals surface area (Å²) in [5.74, 6) is 1.64. The molecule has 0 saturated heterocycles. The van der Waals surface area contributed by atoms with Crippen LogP contribution in [0.2, 0.25) is 0 Å². The molecule has 1 rings (SSSR count). The highest BCUT2D eigenvalue weighted by atomic mass is 127. The number of hydrogen-bond donors (Lipinski definition) is 2. The fraction of sp³-hybridized carbons (Fsp3) is 0.588. The summed E-state index contributed by atoms with van der Waals surface area (Å²) in [7, 11) is 7.28. The molecule has 144 valence electrons. The average Bonchev–Trinajstić information content (AvgIpc) is 2.57. The second-order valence-corrected chi connectivity index (χ2v) is 5.59. The van der Waals surface area contributed by atoms with Crippen molar-refractivity contribution in [2.24, 2.45) is 10.7 Å². The Hall–Kier alpha value is -1.26. The van der Waals surface area contributed by atoms with Crippen LogP contribution in [0.1, 0.15) is 13.3 Å². The van der Waals surface area contributed by atoms with Crippen molar-refractivity contribution in [1.82, 2.24) is 4.90 Å². The van der Waals surface area contributed by atoms with E-state index in [9.17, 15) is 0 Å². The Morgan fingerprint density at radius 1 is 1.24 bits per heavy atom. The van der Waals surface area contributed by atoms with Crippen LogP contribution in [0.25, 0.3) is 0 Å². The van der Waals surface area contributed by atoms with Gasteiger partial charge >= 0.3 is 0 Å². The zero-order valence-electron chi connectivity index (χ0n) is 15.7. The van der Waals surface area contributed by atoms with Gasteiger partial charge in [-0.1, -0.05) is 0 Å². The number of nitrogens with one attached hydrogen (secondary N) is 1. The molecule has 25 heavy (non-hydrogen) atoms. The predicted molar refractivity (Wildman–Crippen MR) is 114 cm³/mol. The number of aliphatic imine (C=N–C) groups is 1. The van der Waals surface area contributed by atoms with E-state index in [-0.39, 0.29) is 30.1 Å². The maximum Gasteiger partial charge on any atom is 0.193 e. The van der Waals surface area contributed by atoms with Crippen molar-refractivity contribution < 1.29 is 14.2 Å². The van der Waals surface area contributed by atoms with Crippen LogP contribution in [0.4, 0.5) is 5.69 Å². The second kappa shape index (κ2) is 13.0. The first-order chi connectivity index (χ1) is 11.5. The van der Waals surface area contributed by atoms with Crippen LogP contribution in [-0.2, 0) is 4.74 Å². The zero-order chi connectivity index (χ0) is 17.9. The minimum atomic E-state index is 0. The lowest BCUT2D eigenvalue weighted by atomic mass is 10.2. The lowest BCUT2D eigenvalue weighted by Crippen LogP contribution is -2.28. The molecule has 0 amide bonds. The maximum absolute atomic E-state index is 5.97. The number of halogens is 1. The number of nitrogens with zero attached hydrogens (tertiary/aromatic N) is 2. The summed E-state index contributed by atoms with van der Waals surface area (Å²) in [6, 6.07) is 5.48. The van der Waals surface area contributed by atoms with Crippen molar-refractivity contribution in [1.29, 1.82) is 0 Å². The molecular formula is C17H31IN4O3. The zero-order valence-corrected chi connectivity index (χ0v) is 18.1. The molecule has 1 aromatic carbocycles. The lowest BCUT2D eigenvalue weighted by molar-refractivity contribution is 0.0583. The molecule has 1 unspecified atom stereocenters. The number of nitrogens with two attached hydrogens (primary N) is 1. The Kier molecular flexibility index (Phi) is 12.4. The minimum absolute atomic E-state index is 0. The van der Waals surface area contributed by atoms with Crippen LogP contribution < -0.4 is 20.5 Å². The number of guanidine groups is 1. The van der Waals surface area contributed by atoms with Crippen molar-refractivity contribution in [2.45, 2.75) is 19.4 Å². The predicted octanol–water partition coefficient (Wildman–Crippen LogP) is 2.41. The van der Waals surface area contributed by atoms with Crippen molar-refractivity contribution >= 4 is 35.6 Å². The van der Waals surface area contributed by atoms with Crippen LogP contribution in [0.15, 0.2) is 23.2 Å². The molecule has 0 bridgehead atoms. The van der Waals surface area contributed by atoms with Crippen LogP contribution in [-0.4, -0.2) is 65.0 Å². The number of anilines is 1. The maximum atomic E-state index is 5.97. The molecule has 0 fully saturated rings. The molecule has 0 spiro atoms. The molecule has 0 aliphatic heterocycles. The average molecular weight is 466 g/mol. The summed E-state index contributed by atoms with van der Waals surface area (Å²) in [4.78, 5) is 6.51. The normalized spacial score (nSPS) is 12.5. The first-order valence-electron chi connectivity index (χ1n) is 8.05. The van der Waals surface area contributed by atoms with E-state index in [1.807, 2.05) is 39.2 Å². The third kappa shape index (κ3) is 9.13. The van der Waals surface area contributed by atoms with Gasteiger partial charge in [0.1, 0.15) is 0 Å². The quantitative estimate of drug-likeness (QED) is 0.313. The van der Waals surface area contributed by atoms with Gasteiger partial charge in [-0.15, -0.1) is 24.0 Å². The van der Waals surface area contributed by atoms with Crippen molar-refractivity contribution in [3.05, 3.63) is 18.2 Å². The molecule has 8 heteroatoms. The van der Waals surface area contributed by atoms with Gasteiger partial charge in [0.25, 0.3) is 0 Å². The van der Waals surface area contributed by atoms with Crippen molar-refractivity contribution in [3.8, 4) is 11.5 Å². The summed E-state index contributed by atoms with van der Waals surface area (Å²) in [6.45, 7) is 4.12.